The number of phosphoric ester groups is 1. The lowest BCUT2D eigenvalue weighted by Crippen LogP contribution is -2.29. The molecular formula is C20H21O12P2-3. The number of methoxy groups -OCH3 is 3. The van der Waals surface area contributed by atoms with Crippen LogP contribution in [0, 0.1) is 5.92 Å². The molecule has 0 aliphatic carbocycles. The van der Waals surface area contributed by atoms with Gasteiger partial charge < -0.3 is 47.2 Å². The summed E-state index contributed by atoms with van der Waals surface area (Å²) in [5.74, 6) is -1.59. The van der Waals surface area contributed by atoms with Gasteiger partial charge >= 0.3 is 0 Å². The topological polar surface area (TPSA) is 176 Å². The van der Waals surface area contributed by atoms with Gasteiger partial charge in [0.2, 0.25) is 11.5 Å². The first kappa shape index (κ1) is 25.9. The van der Waals surface area contributed by atoms with E-state index in [1.165, 1.54) is 39.5 Å². The van der Waals surface area contributed by atoms with E-state index in [2.05, 4.69) is 4.52 Å². The minimum Gasteiger partial charge on any atom is -0.780 e. The van der Waals surface area contributed by atoms with Gasteiger partial charge in [-0.15, -0.1) is 0 Å². The number of Topliss-reactive ketones (excluding diaryl/α,β-unsaturated/α-hetero) is 1. The van der Waals surface area contributed by atoms with Crippen LogP contribution in [0.1, 0.15) is 15.9 Å². The Morgan fingerprint density at radius 2 is 1.56 bits per heavy atom. The maximum absolute atomic E-state index is 13.2. The summed E-state index contributed by atoms with van der Waals surface area (Å²) in [6.45, 7) is 0.544. The zero-order chi connectivity index (χ0) is 25.3. The fourth-order valence-corrected chi connectivity index (χ4v) is 4.39. The fourth-order valence-electron chi connectivity index (χ4n) is 3.49. The fraction of sp³-hybridized carbons (Fsp3) is 0.350. The number of benzene rings is 2. The molecule has 34 heavy (non-hydrogen) atoms. The first-order chi connectivity index (χ1) is 15.9. The second kappa shape index (κ2) is 9.85. The average Bonchev–Trinajstić information content (AvgIpc) is 2.76. The molecule has 14 heteroatoms. The Bertz CT molecular complexity index is 1160. The summed E-state index contributed by atoms with van der Waals surface area (Å²) >= 11 is 0. The molecular weight excluding hydrogens is 494 g/mol. The third-order valence-electron chi connectivity index (χ3n) is 4.84. The molecule has 2 aromatic rings. The van der Waals surface area contributed by atoms with Crippen LogP contribution in [0.5, 0.6) is 34.5 Å². The molecule has 2 aromatic carbocycles. The molecule has 0 radical (unpaired) electrons. The smallest absolute Gasteiger partial charge is 0.208 e. The number of hydrogen-bond acceptors (Lipinski definition) is 12. The predicted molar refractivity (Wildman–Crippen MR) is 112 cm³/mol. The van der Waals surface area contributed by atoms with Crippen molar-refractivity contribution in [2.24, 2.45) is 5.92 Å². The lowest BCUT2D eigenvalue weighted by Gasteiger charge is -2.34. The van der Waals surface area contributed by atoms with E-state index in [9.17, 15) is 28.6 Å². The summed E-state index contributed by atoms with van der Waals surface area (Å²) in [7, 11) is -5.72. The highest BCUT2D eigenvalue weighted by atomic mass is 31.2. The molecule has 1 aliphatic heterocycles. The van der Waals surface area contributed by atoms with Crippen LogP contribution in [-0.4, -0.2) is 40.4 Å². The maximum atomic E-state index is 13.2. The zero-order valence-electron chi connectivity index (χ0n) is 18.6. The summed E-state index contributed by atoms with van der Waals surface area (Å²) in [5, 5.41) is 0. The van der Waals surface area contributed by atoms with Crippen molar-refractivity contribution in [1.29, 1.82) is 0 Å². The highest BCUT2D eigenvalue weighted by Crippen LogP contribution is 2.51. The van der Waals surface area contributed by atoms with E-state index in [-0.39, 0.29) is 41.6 Å². The van der Waals surface area contributed by atoms with Crippen molar-refractivity contribution in [3.63, 3.8) is 0 Å². The van der Waals surface area contributed by atoms with Crippen LogP contribution in [0.2, 0.25) is 0 Å². The zero-order valence-corrected chi connectivity index (χ0v) is 20.4. The van der Waals surface area contributed by atoms with E-state index in [1.54, 1.807) is 0 Å². The second-order valence-corrected chi connectivity index (χ2v) is 10.1. The molecule has 0 bridgehead atoms. The number of phosphoric acid groups is 1. The predicted octanol–water partition coefficient (Wildman–Crippen LogP) is 0.916. The van der Waals surface area contributed by atoms with Crippen molar-refractivity contribution in [3.05, 3.63) is 35.4 Å². The van der Waals surface area contributed by atoms with E-state index >= 15 is 0 Å². The molecule has 2 unspecified atom stereocenters. The standard InChI is InChI=1S/C20H24O12P2/c1-27-15-8-12(9-16(28-2)19(15)29-3)17(21)13-7-11-5-6-14(31-33(4,22)23)20(18(11)30-10-13)32-34(24,25)26/h5-6,8-9,13H,7,10H2,1-4H3,(H,22,23)(H2,24,25,26)/p-3. The van der Waals surface area contributed by atoms with Crippen molar-refractivity contribution >= 4 is 21.2 Å². The van der Waals surface area contributed by atoms with Gasteiger partial charge in [-0.2, -0.15) is 0 Å². The van der Waals surface area contributed by atoms with Crippen molar-refractivity contribution in [3.8, 4) is 34.5 Å². The molecule has 2 atom stereocenters. The van der Waals surface area contributed by atoms with Crippen molar-refractivity contribution < 1.29 is 56.6 Å². The van der Waals surface area contributed by atoms with Gasteiger partial charge in [-0.3, -0.25) is 9.36 Å². The minimum absolute atomic E-state index is 0.0741. The van der Waals surface area contributed by atoms with Gasteiger partial charge in [0.1, 0.15) is 7.82 Å². The lowest BCUT2D eigenvalue weighted by atomic mass is 9.89. The molecule has 0 amide bonds. The van der Waals surface area contributed by atoms with Crippen LogP contribution < -0.4 is 42.7 Å². The Kier molecular flexibility index (Phi) is 7.50. The number of hydrogen-bond donors (Lipinski definition) is 0. The molecule has 0 saturated heterocycles. The van der Waals surface area contributed by atoms with Crippen LogP contribution in [0.15, 0.2) is 24.3 Å². The largest absolute Gasteiger partial charge is 0.780 e. The Labute approximate surface area is 195 Å². The summed E-state index contributed by atoms with van der Waals surface area (Å²) in [4.78, 5) is 47.2. The number of fused-ring (bicyclic) bond motifs is 1. The average molecular weight is 515 g/mol. The van der Waals surface area contributed by atoms with Crippen LogP contribution in [-0.2, 0) is 15.6 Å². The highest BCUT2D eigenvalue weighted by molar-refractivity contribution is 7.50. The molecule has 0 fully saturated rings. The second-order valence-electron chi connectivity index (χ2n) is 7.27. The molecule has 12 nitrogen and oxygen atoms in total. The summed E-state index contributed by atoms with van der Waals surface area (Å²) in [6.07, 6.45) is 0.0741. The van der Waals surface area contributed by atoms with E-state index in [1.807, 2.05) is 0 Å². The molecule has 0 saturated carbocycles. The van der Waals surface area contributed by atoms with Crippen LogP contribution in [0.25, 0.3) is 0 Å². The number of rotatable bonds is 9. The Morgan fingerprint density at radius 3 is 2.06 bits per heavy atom. The van der Waals surface area contributed by atoms with Crippen molar-refractivity contribution in [1.82, 2.24) is 0 Å². The monoisotopic (exact) mass is 515 g/mol. The summed E-state index contributed by atoms with van der Waals surface area (Å²) in [5.41, 5.74) is 0.564. The Hall–Kier alpha value is -2.75. The minimum atomic E-state index is -5.59. The first-order valence-electron chi connectivity index (χ1n) is 9.69. The number of carbonyl (C=O) groups is 1. The van der Waals surface area contributed by atoms with Crippen LogP contribution in [0.4, 0.5) is 0 Å². The molecule has 1 aliphatic rings. The van der Waals surface area contributed by atoms with Crippen molar-refractivity contribution in [2.45, 2.75) is 6.42 Å². The highest BCUT2D eigenvalue weighted by Gasteiger charge is 2.32. The Balaban J connectivity index is 1.96. The third-order valence-corrected chi connectivity index (χ3v) is 5.77. The maximum Gasteiger partial charge on any atom is 0.208 e. The Morgan fingerprint density at radius 1 is 0.941 bits per heavy atom. The van der Waals surface area contributed by atoms with Crippen molar-refractivity contribution in [2.75, 3.05) is 34.6 Å². The number of carbonyl (C=O) groups excluding carboxylic acids is 1. The summed E-state index contributed by atoms with van der Waals surface area (Å²) in [6, 6.07) is 5.49. The third kappa shape index (κ3) is 5.84. The molecule has 0 spiro atoms. The molecule has 0 aromatic heterocycles. The number of ether oxygens (including phenoxy) is 4. The van der Waals surface area contributed by atoms with Gasteiger partial charge in [0.25, 0.3) is 0 Å². The van der Waals surface area contributed by atoms with Gasteiger partial charge in [0, 0.05) is 12.2 Å². The van der Waals surface area contributed by atoms with E-state index < -0.39 is 32.8 Å². The van der Waals surface area contributed by atoms with Gasteiger partial charge in [0.15, 0.2) is 36.4 Å². The first-order valence-corrected chi connectivity index (χ1v) is 13.1. The molecule has 3 rings (SSSR count). The number of ketones is 1. The van der Waals surface area contributed by atoms with Gasteiger partial charge in [-0.1, -0.05) is 6.07 Å². The van der Waals surface area contributed by atoms with E-state index in [0.717, 1.165) is 12.7 Å². The van der Waals surface area contributed by atoms with E-state index in [0.29, 0.717) is 11.3 Å². The molecule has 0 N–H and O–H groups in total. The lowest BCUT2D eigenvalue weighted by molar-refractivity contribution is -0.334. The molecule has 186 valence electrons. The van der Waals surface area contributed by atoms with Crippen LogP contribution in [0.3, 0.4) is 0 Å². The van der Waals surface area contributed by atoms with Gasteiger partial charge in [-0.05, 0) is 30.2 Å². The normalized spacial score (nSPS) is 17.0. The van der Waals surface area contributed by atoms with E-state index in [4.69, 9.17) is 23.5 Å². The molecule has 1 heterocycles. The van der Waals surface area contributed by atoms with Gasteiger partial charge in [-0.25, -0.2) is 0 Å². The summed E-state index contributed by atoms with van der Waals surface area (Å²) < 4.78 is 53.4. The SMILES string of the molecule is COc1cc(C(=O)C2COc3c(ccc(OP(C)(=O)[O-])c3OP(=O)([O-])[O-])C2)cc(OC)c1OC. The van der Waals surface area contributed by atoms with Gasteiger partial charge in [0.05, 0.1) is 33.9 Å². The quantitative estimate of drug-likeness (QED) is 0.341. The van der Waals surface area contributed by atoms with Crippen LogP contribution >= 0.6 is 15.4 Å².